The molecule has 3 N–H and O–H groups in total. The first-order chi connectivity index (χ1) is 9.56. The van der Waals surface area contributed by atoms with Gasteiger partial charge in [-0.15, -0.1) is 0 Å². The Morgan fingerprint density at radius 1 is 1.25 bits per heavy atom. The van der Waals surface area contributed by atoms with Crippen LogP contribution in [-0.4, -0.2) is 12.5 Å². The number of hydrogen-bond donors (Lipinski definition) is 2. The van der Waals surface area contributed by atoms with E-state index in [2.05, 4.69) is 5.32 Å². The highest BCUT2D eigenvalue weighted by Gasteiger charge is 2.07. The predicted octanol–water partition coefficient (Wildman–Crippen LogP) is 2.73. The van der Waals surface area contributed by atoms with Crippen LogP contribution in [0, 0.1) is 12.7 Å². The molecule has 2 rings (SSSR count). The van der Waals surface area contributed by atoms with Gasteiger partial charge >= 0.3 is 0 Å². The molecule has 0 aliphatic rings. The minimum Gasteiger partial charge on any atom is -0.484 e. The van der Waals surface area contributed by atoms with Crippen LogP contribution in [0.3, 0.4) is 0 Å². The van der Waals surface area contributed by atoms with Gasteiger partial charge in [0.05, 0.1) is 0 Å². The van der Waals surface area contributed by atoms with Gasteiger partial charge in [-0.2, -0.15) is 0 Å². The number of rotatable bonds is 4. The largest absolute Gasteiger partial charge is 0.484 e. The second kappa shape index (κ2) is 6.06. The monoisotopic (exact) mass is 274 g/mol. The Balaban J connectivity index is 1.92. The van der Waals surface area contributed by atoms with Crippen molar-refractivity contribution in [1.82, 2.24) is 0 Å². The van der Waals surface area contributed by atoms with Crippen molar-refractivity contribution in [3.8, 4) is 5.75 Å². The van der Waals surface area contributed by atoms with E-state index in [1.807, 2.05) is 6.92 Å². The summed E-state index contributed by atoms with van der Waals surface area (Å²) in [6.07, 6.45) is 0. The minimum atomic E-state index is -0.350. The third-order valence-corrected chi connectivity index (χ3v) is 2.83. The maximum Gasteiger partial charge on any atom is 0.262 e. The normalized spacial score (nSPS) is 10.1. The van der Waals surface area contributed by atoms with Crippen LogP contribution >= 0.6 is 0 Å². The predicted molar refractivity (Wildman–Crippen MR) is 76.1 cm³/mol. The van der Waals surface area contributed by atoms with Gasteiger partial charge in [0.15, 0.2) is 6.61 Å². The highest BCUT2D eigenvalue weighted by molar-refractivity contribution is 5.93. The summed E-state index contributed by atoms with van der Waals surface area (Å²) in [5.41, 5.74) is 7.83. The van der Waals surface area contributed by atoms with Gasteiger partial charge in [0.2, 0.25) is 0 Å². The highest BCUT2D eigenvalue weighted by atomic mass is 19.1. The van der Waals surface area contributed by atoms with Crippen molar-refractivity contribution >= 4 is 17.3 Å². The Labute approximate surface area is 116 Å². The summed E-state index contributed by atoms with van der Waals surface area (Å²) in [6, 6.07) is 10.8. The maximum atomic E-state index is 12.7. The lowest BCUT2D eigenvalue weighted by molar-refractivity contribution is -0.118. The van der Waals surface area contributed by atoms with Crippen molar-refractivity contribution in [2.75, 3.05) is 17.7 Å². The summed E-state index contributed by atoms with van der Waals surface area (Å²) in [5.74, 6) is -0.217. The van der Waals surface area contributed by atoms with Gasteiger partial charge in [0.1, 0.15) is 11.6 Å². The third-order valence-electron chi connectivity index (χ3n) is 2.83. The van der Waals surface area contributed by atoms with E-state index in [9.17, 15) is 9.18 Å². The smallest absolute Gasteiger partial charge is 0.262 e. The van der Waals surface area contributed by atoms with E-state index in [0.717, 1.165) is 5.56 Å². The molecule has 0 atom stereocenters. The Bertz CT molecular complexity index is 612. The molecule has 0 saturated carbocycles. The molecule has 0 saturated heterocycles. The summed E-state index contributed by atoms with van der Waals surface area (Å²) in [5, 5.41) is 2.71. The Kier molecular flexibility index (Phi) is 4.20. The first kappa shape index (κ1) is 13.9. The van der Waals surface area contributed by atoms with Crippen LogP contribution < -0.4 is 15.8 Å². The SMILES string of the molecule is Cc1c(N)cccc1NC(=O)COc1ccc(F)cc1. The number of carbonyl (C=O) groups excluding carboxylic acids is 1. The first-order valence-electron chi connectivity index (χ1n) is 6.09. The number of nitrogens with two attached hydrogens (primary N) is 1. The quantitative estimate of drug-likeness (QED) is 0.842. The lowest BCUT2D eigenvalue weighted by Gasteiger charge is -2.10. The molecule has 0 aliphatic carbocycles. The number of carbonyl (C=O) groups is 1. The number of benzene rings is 2. The highest BCUT2D eigenvalue weighted by Crippen LogP contribution is 2.20. The third kappa shape index (κ3) is 3.47. The minimum absolute atomic E-state index is 0.153. The molecule has 0 radical (unpaired) electrons. The fourth-order valence-corrected chi connectivity index (χ4v) is 1.65. The Morgan fingerprint density at radius 3 is 2.65 bits per heavy atom. The number of halogens is 1. The molecule has 0 aromatic heterocycles. The lowest BCUT2D eigenvalue weighted by Crippen LogP contribution is -2.20. The fraction of sp³-hybridized carbons (Fsp3) is 0.133. The van der Waals surface area contributed by atoms with E-state index in [1.54, 1.807) is 18.2 Å². The number of anilines is 2. The van der Waals surface area contributed by atoms with Crippen molar-refractivity contribution in [1.29, 1.82) is 0 Å². The van der Waals surface area contributed by atoms with Crippen molar-refractivity contribution in [3.63, 3.8) is 0 Å². The number of hydrogen-bond acceptors (Lipinski definition) is 3. The van der Waals surface area contributed by atoms with Crippen molar-refractivity contribution < 1.29 is 13.9 Å². The van der Waals surface area contributed by atoms with E-state index in [-0.39, 0.29) is 18.3 Å². The standard InChI is InChI=1S/C15H15FN2O2/c1-10-13(17)3-2-4-14(10)18-15(19)9-20-12-7-5-11(16)6-8-12/h2-8H,9,17H2,1H3,(H,18,19). The second-order valence-electron chi connectivity index (χ2n) is 4.31. The zero-order valence-electron chi connectivity index (χ0n) is 11.0. The molecule has 2 aromatic carbocycles. The van der Waals surface area contributed by atoms with E-state index < -0.39 is 0 Å². The molecular weight excluding hydrogens is 259 g/mol. The molecule has 0 fully saturated rings. The zero-order chi connectivity index (χ0) is 14.5. The maximum absolute atomic E-state index is 12.7. The van der Waals surface area contributed by atoms with Crippen LogP contribution in [0.15, 0.2) is 42.5 Å². The fourth-order valence-electron chi connectivity index (χ4n) is 1.65. The van der Waals surface area contributed by atoms with Crippen LogP contribution in [0.1, 0.15) is 5.56 Å². The summed E-state index contributed by atoms with van der Waals surface area (Å²) >= 11 is 0. The summed E-state index contributed by atoms with van der Waals surface area (Å²) < 4.78 is 18.0. The van der Waals surface area contributed by atoms with Gasteiger partial charge in [-0.05, 0) is 48.9 Å². The van der Waals surface area contributed by atoms with Gasteiger partial charge in [0, 0.05) is 11.4 Å². The molecule has 0 spiro atoms. The van der Waals surface area contributed by atoms with Gasteiger partial charge in [0.25, 0.3) is 5.91 Å². The van der Waals surface area contributed by atoms with Crippen molar-refractivity contribution in [2.45, 2.75) is 6.92 Å². The number of ether oxygens (including phenoxy) is 1. The molecule has 0 aliphatic heterocycles. The molecule has 0 bridgehead atoms. The van der Waals surface area contributed by atoms with Crippen LogP contribution in [0.4, 0.5) is 15.8 Å². The summed E-state index contributed by atoms with van der Waals surface area (Å²) in [4.78, 5) is 11.8. The molecule has 20 heavy (non-hydrogen) atoms. The van der Waals surface area contributed by atoms with Gasteiger partial charge in [-0.3, -0.25) is 4.79 Å². The average molecular weight is 274 g/mol. The van der Waals surface area contributed by atoms with E-state index >= 15 is 0 Å². The molecular formula is C15H15FN2O2. The molecule has 2 aromatic rings. The lowest BCUT2D eigenvalue weighted by atomic mass is 10.1. The van der Waals surface area contributed by atoms with Crippen LogP contribution in [0.25, 0.3) is 0 Å². The van der Waals surface area contributed by atoms with E-state index in [4.69, 9.17) is 10.5 Å². The number of nitrogens with one attached hydrogen (secondary N) is 1. The summed E-state index contributed by atoms with van der Waals surface area (Å²) in [7, 11) is 0. The Morgan fingerprint density at radius 2 is 1.95 bits per heavy atom. The molecule has 0 unspecified atom stereocenters. The van der Waals surface area contributed by atoms with Crippen molar-refractivity contribution in [2.24, 2.45) is 0 Å². The van der Waals surface area contributed by atoms with Crippen LogP contribution in [0.5, 0.6) is 5.75 Å². The van der Waals surface area contributed by atoms with Crippen molar-refractivity contribution in [3.05, 3.63) is 53.8 Å². The van der Waals surface area contributed by atoms with Gasteiger partial charge in [-0.1, -0.05) is 6.07 Å². The van der Waals surface area contributed by atoms with E-state index in [1.165, 1.54) is 24.3 Å². The van der Waals surface area contributed by atoms with Gasteiger partial charge < -0.3 is 15.8 Å². The van der Waals surface area contributed by atoms with Crippen LogP contribution in [-0.2, 0) is 4.79 Å². The Hall–Kier alpha value is -2.56. The molecule has 4 nitrogen and oxygen atoms in total. The van der Waals surface area contributed by atoms with Crippen LogP contribution in [0.2, 0.25) is 0 Å². The number of nitrogen functional groups attached to an aromatic ring is 1. The molecule has 1 amide bonds. The summed E-state index contributed by atoms with van der Waals surface area (Å²) in [6.45, 7) is 1.67. The molecule has 0 heterocycles. The molecule has 5 heteroatoms. The molecule has 104 valence electrons. The first-order valence-corrected chi connectivity index (χ1v) is 6.09. The van der Waals surface area contributed by atoms with E-state index in [0.29, 0.717) is 17.1 Å². The average Bonchev–Trinajstić information content (AvgIpc) is 2.43. The second-order valence-corrected chi connectivity index (χ2v) is 4.31. The topological polar surface area (TPSA) is 64.3 Å². The number of amides is 1. The zero-order valence-corrected chi connectivity index (χ0v) is 11.0. The van der Waals surface area contributed by atoms with Gasteiger partial charge in [-0.25, -0.2) is 4.39 Å².